The first-order chi connectivity index (χ1) is 10.2. The summed E-state index contributed by atoms with van der Waals surface area (Å²) >= 11 is 3.52. The van der Waals surface area contributed by atoms with Crippen LogP contribution in [-0.2, 0) is 0 Å². The molecule has 0 saturated carbocycles. The number of hydrogen-bond acceptors (Lipinski definition) is 4. The highest BCUT2D eigenvalue weighted by molar-refractivity contribution is 9.10. The second-order valence-corrected chi connectivity index (χ2v) is 6.35. The fraction of sp³-hybridized carbons (Fsp3) is 0.375. The van der Waals surface area contributed by atoms with Gasteiger partial charge in [-0.1, -0.05) is 28.1 Å². The van der Waals surface area contributed by atoms with E-state index in [0.29, 0.717) is 12.6 Å². The summed E-state index contributed by atoms with van der Waals surface area (Å²) in [6.07, 6.45) is 4.19. The van der Waals surface area contributed by atoms with Gasteiger partial charge < -0.3 is 10.6 Å². The summed E-state index contributed by atoms with van der Waals surface area (Å²) in [6.45, 7) is 3.69. The molecule has 0 amide bonds. The van der Waals surface area contributed by atoms with Gasteiger partial charge >= 0.3 is 0 Å². The molecule has 1 aliphatic heterocycles. The van der Waals surface area contributed by atoms with Crippen LogP contribution in [0.15, 0.2) is 34.9 Å². The van der Waals surface area contributed by atoms with Crippen LogP contribution in [0.5, 0.6) is 0 Å². The van der Waals surface area contributed by atoms with Crippen molar-refractivity contribution in [1.29, 1.82) is 0 Å². The molecular formula is C16H19BrN4. The predicted octanol–water partition coefficient (Wildman–Crippen LogP) is 3.14. The van der Waals surface area contributed by atoms with Crippen molar-refractivity contribution >= 4 is 21.9 Å². The number of rotatable bonds is 3. The topological polar surface area (TPSA) is 55.0 Å². The van der Waals surface area contributed by atoms with Crippen molar-refractivity contribution in [2.45, 2.75) is 25.8 Å². The summed E-state index contributed by atoms with van der Waals surface area (Å²) < 4.78 is 1.06. The Kier molecular flexibility index (Phi) is 4.22. The molecule has 0 spiro atoms. The fourth-order valence-corrected chi connectivity index (χ4v) is 3.24. The zero-order valence-corrected chi connectivity index (χ0v) is 13.7. The zero-order valence-electron chi connectivity index (χ0n) is 12.1. The Bertz CT molecular complexity index is 644. The summed E-state index contributed by atoms with van der Waals surface area (Å²) in [6, 6.07) is 8.58. The van der Waals surface area contributed by atoms with Gasteiger partial charge in [-0.15, -0.1) is 0 Å². The van der Waals surface area contributed by atoms with Crippen LogP contribution in [-0.4, -0.2) is 29.1 Å². The lowest BCUT2D eigenvalue weighted by molar-refractivity contribution is 0.664. The number of hydrogen-bond donors (Lipinski definition) is 1. The SMILES string of the molecule is Cc1cnc(N2CCCC2CN)nc1-c1cccc(Br)c1. The monoisotopic (exact) mass is 346 g/mol. The Morgan fingerprint density at radius 1 is 1.43 bits per heavy atom. The van der Waals surface area contributed by atoms with Crippen molar-refractivity contribution in [1.82, 2.24) is 9.97 Å². The van der Waals surface area contributed by atoms with Gasteiger partial charge in [-0.2, -0.15) is 0 Å². The van der Waals surface area contributed by atoms with Gasteiger partial charge in [-0.25, -0.2) is 9.97 Å². The van der Waals surface area contributed by atoms with Crippen molar-refractivity contribution in [2.24, 2.45) is 5.73 Å². The number of nitrogens with two attached hydrogens (primary N) is 1. The maximum absolute atomic E-state index is 5.86. The number of benzene rings is 1. The zero-order chi connectivity index (χ0) is 14.8. The first kappa shape index (κ1) is 14.5. The van der Waals surface area contributed by atoms with Gasteiger partial charge in [0.05, 0.1) is 5.69 Å². The van der Waals surface area contributed by atoms with E-state index >= 15 is 0 Å². The fourth-order valence-electron chi connectivity index (χ4n) is 2.84. The highest BCUT2D eigenvalue weighted by Crippen LogP contribution is 2.28. The van der Waals surface area contributed by atoms with E-state index < -0.39 is 0 Å². The molecule has 0 bridgehead atoms. The Labute approximate surface area is 133 Å². The molecule has 2 N–H and O–H groups in total. The smallest absolute Gasteiger partial charge is 0.226 e. The lowest BCUT2D eigenvalue weighted by Gasteiger charge is -2.24. The molecular weight excluding hydrogens is 328 g/mol. The highest BCUT2D eigenvalue weighted by atomic mass is 79.9. The lowest BCUT2D eigenvalue weighted by Crippen LogP contribution is -2.36. The maximum Gasteiger partial charge on any atom is 0.226 e. The molecule has 2 aromatic rings. The summed E-state index contributed by atoms with van der Waals surface area (Å²) in [7, 11) is 0. The second-order valence-electron chi connectivity index (χ2n) is 5.44. The van der Waals surface area contributed by atoms with Crippen LogP contribution < -0.4 is 10.6 Å². The molecule has 1 fully saturated rings. The van der Waals surface area contributed by atoms with E-state index in [0.717, 1.165) is 46.6 Å². The number of aryl methyl sites for hydroxylation is 1. The van der Waals surface area contributed by atoms with Gasteiger partial charge in [-0.05, 0) is 37.5 Å². The second kappa shape index (κ2) is 6.12. The van der Waals surface area contributed by atoms with E-state index in [2.05, 4.69) is 37.9 Å². The molecule has 1 aromatic carbocycles. The van der Waals surface area contributed by atoms with E-state index in [-0.39, 0.29) is 0 Å². The van der Waals surface area contributed by atoms with Crippen LogP contribution in [0.1, 0.15) is 18.4 Å². The van der Waals surface area contributed by atoms with Crippen molar-refractivity contribution in [3.05, 3.63) is 40.5 Å². The van der Waals surface area contributed by atoms with Gasteiger partial charge in [0, 0.05) is 35.4 Å². The molecule has 1 unspecified atom stereocenters. The lowest BCUT2D eigenvalue weighted by atomic mass is 10.1. The van der Waals surface area contributed by atoms with Crippen molar-refractivity contribution in [3.63, 3.8) is 0 Å². The summed E-state index contributed by atoms with van der Waals surface area (Å²) in [5.41, 5.74) is 9.04. The van der Waals surface area contributed by atoms with Gasteiger partial charge in [0.2, 0.25) is 5.95 Å². The Morgan fingerprint density at radius 3 is 3.05 bits per heavy atom. The molecule has 0 radical (unpaired) electrons. The van der Waals surface area contributed by atoms with Crippen LogP contribution in [0.4, 0.5) is 5.95 Å². The average molecular weight is 347 g/mol. The quantitative estimate of drug-likeness (QED) is 0.927. The molecule has 0 aliphatic carbocycles. The molecule has 1 aromatic heterocycles. The van der Waals surface area contributed by atoms with Crippen LogP contribution in [0.25, 0.3) is 11.3 Å². The molecule has 1 atom stereocenters. The van der Waals surface area contributed by atoms with E-state index in [1.165, 1.54) is 0 Å². The maximum atomic E-state index is 5.86. The van der Waals surface area contributed by atoms with Crippen LogP contribution in [0.2, 0.25) is 0 Å². The molecule has 4 nitrogen and oxygen atoms in total. The minimum absolute atomic E-state index is 0.364. The molecule has 1 saturated heterocycles. The van der Waals surface area contributed by atoms with Gasteiger partial charge in [-0.3, -0.25) is 0 Å². The standard InChI is InChI=1S/C16H19BrN4/c1-11-10-19-16(21-7-3-6-14(21)9-18)20-15(11)12-4-2-5-13(17)8-12/h2,4-5,8,10,14H,3,6-7,9,18H2,1H3. The van der Waals surface area contributed by atoms with Gasteiger partial charge in [0.25, 0.3) is 0 Å². The normalized spacial score (nSPS) is 18.2. The van der Waals surface area contributed by atoms with E-state index in [1.807, 2.05) is 25.3 Å². The van der Waals surface area contributed by atoms with Crippen LogP contribution >= 0.6 is 15.9 Å². The van der Waals surface area contributed by atoms with Crippen LogP contribution in [0, 0.1) is 6.92 Å². The minimum Gasteiger partial charge on any atom is -0.337 e. The molecule has 1 aliphatic rings. The number of nitrogens with zero attached hydrogens (tertiary/aromatic N) is 3. The molecule has 2 heterocycles. The van der Waals surface area contributed by atoms with Crippen LogP contribution in [0.3, 0.4) is 0 Å². The van der Waals surface area contributed by atoms with Crippen molar-refractivity contribution < 1.29 is 0 Å². The third-order valence-corrected chi connectivity index (χ3v) is 4.46. The average Bonchev–Trinajstić information content (AvgIpc) is 2.96. The Balaban J connectivity index is 2.00. The largest absolute Gasteiger partial charge is 0.337 e. The third kappa shape index (κ3) is 2.94. The van der Waals surface area contributed by atoms with Gasteiger partial charge in [0.15, 0.2) is 0 Å². The first-order valence-corrected chi connectivity index (χ1v) is 8.04. The summed E-state index contributed by atoms with van der Waals surface area (Å²) in [5.74, 6) is 0.795. The third-order valence-electron chi connectivity index (χ3n) is 3.96. The first-order valence-electron chi connectivity index (χ1n) is 7.25. The Morgan fingerprint density at radius 2 is 2.29 bits per heavy atom. The molecule has 5 heteroatoms. The number of halogens is 1. The number of aromatic nitrogens is 2. The van der Waals surface area contributed by atoms with Crippen molar-refractivity contribution in [3.8, 4) is 11.3 Å². The van der Waals surface area contributed by atoms with Gasteiger partial charge in [0.1, 0.15) is 0 Å². The molecule has 3 rings (SSSR count). The molecule has 21 heavy (non-hydrogen) atoms. The van der Waals surface area contributed by atoms with E-state index in [1.54, 1.807) is 0 Å². The summed E-state index contributed by atoms with van der Waals surface area (Å²) in [4.78, 5) is 11.6. The van der Waals surface area contributed by atoms with E-state index in [9.17, 15) is 0 Å². The number of anilines is 1. The van der Waals surface area contributed by atoms with E-state index in [4.69, 9.17) is 10.7 Å². The van der Waals surface area contributed by atoms with Crippen molar-refractivity contribution in [2.75, 3.05) is 18.0 Å². The Hall–Kier alpha value is -1.46. The minimum atomic E-state index is 0.364. The highest BCUT2D eigenvalue weighted by Gasteiger charge is 2.25. The summed E-state index contributed by atoms with van der Waals surface area (Å²) in [5, 5.41) is 0. The molecule has 110 valence electrons. The predicted molar refractivity (Wildman–Crippen MR) is 89.3 cm³/mol.